The van der Waals surface area contributed by atoms with Gasteiger partial charge in [0.25, 0.3) is 0 Å². The highest BCUT2D eigenvalue weighted by molar-refractivity contribution is 4.74. The second-order valence-corrected chi connectivity index (χ2v) is 4.34. The van der Waals surface area contributed by atoms with Crippen LogP contribution < -0.4 is 5.32 Å². The Bertz CT molecular complexity index is 148. The normalized spacial score (nSPS) is 27.4. The molecule has 1 saturated carbocycles. The van der Waals surface area contributed by atoms with Gasteiger partial charge in [-0.2, -0.15) is 0 Å². The van der Waals surface area contributed by atoms with Crippen LogP contribution in [0.15, 0.2) is 0 Å². The summed E-state index contributed by atoms with van der Waals surface area (Å²) in [5.74, 6) is 1.78. The number of hydrogen-bond acceptors (Lipinski definition) is 3. The Labute approximate surface area is 87.2 Å². The summed E-state index contributed by atoms with van der Waals surface area (Å²) < 4.78 is 10.2. The average Bonchev–Trinajstić information content (AvgIpc) is 2.59. The molecule has 0 aliphatic heterocycles. The fourth-order valence-electron chi connectivity index (χ4n) is 2.18. The Morgan fingerprint density at radius 2 is 2.00 bits per heavy atom. The maximum absolute atomic E-state index is 5.10. The second kappa shape index (κ2) is 6.38. The van der Waals surface area contributed by atoms with Crippen molar-refractivity contribution in [3.63, 3.8) is 0 Å². The molecule has 84 valence electrons. The van der Waals surface area contributed by atoms with Gasteiger partial charge in [0.2, 0.25) is 0 Å². The van der Waals surface area contributed by atoms with Crippen LogP contribution in [-0.4, -0.2) is 33.6 Å². The summed E-state index contributed by atoms with van der Waals surface area (Å²) in [6.07, 6.45) is 4.04. The lowest BCUT2D eigenvalue weighted by Gasteiger charge is -2.16. The Kier molecular flexibility index (Phi) is 5.45. The first-order valence-corrected chi connectivity index (χ1v) is 5.52. The van der Waals surface area contributed by atoms with E-state index in [4.69, 9.17) is 9.47 Å². The first kappa shape index (κ1) is 12.0. The van der Waals surface area contributed by atoms with E-state index in [1.807, 2.05) is 0 Å². The molecule has 3 heteroatoms. The third kappa shape index (κ3) is 3.95. The van der Waals surface area contributed by atoms with Crippen LogP contribution in [0.5, 0.6) is 0 Å². The van der Waals surface area contributed by atoms with E-state index in [0.717, 1.165) is 24.9 Å². The van der Waals surface area contributed by atoms with Crippen molar-refractivity contribution in [2.45, 2.75) is 32.5 Å². The maximum atomic E-state index is 5.10. The Balaban J connectivity index is 2.03. The lowest BCUT2D eigenvalue weighted by atomic mass is 10.1. The van der Waals surface area contributed by atoms with Gasteiger partial charge in [-0.15, -0.1) is 0 Å². The first-order valence-electron chi connectivity index (χ1n) is 5.52. The summed E-state index contributed by atoms with van der Waals surface area (Å²) in [5.41, 5.74) is 0. The third-order valence-corrected chi connectivity index (χ3v) is 3.07. The smallest absolute Gasteiger partial charge is 0.169 e. The second-order valence-electron chi connectivity index (χ2n) is 4.34. The summed E-state index contributed by atoms with van der Waals surface area (Å²) >= 11 is 0. The topological polar surface area (TPSA) is 30.5 Å². The summed E-state index contributed by atoms with van der Waals surface area (Å²) in [6.45, 7) is 4.23. The monoisotopic (exact) mass is 201 g/mol. The van der Waals surface area contributed by atoms with Crippen molar-refractivity contribution >= 4 is 0 Å². The van der Waals surface area contributed by atoms with Gasteiger partial charge in [0, 0.05) is 20.8 Å². The van der Waals surface area contributed by atoms with E-state index in [9.17, 15) is 0 Å². The Morgan fingerprint density at radius 1 is 1.29 bits per heavy atom. The molecule has 0 radical (unpaired) electrons. The highest BCUT2D eigenvalue weighted by Gasteiger charge is 2.20. The molecule has 1 aliphatic carbocycles. The van der Waals surface area contributed by atoms with Crippen LogP contribution in [-0.2, 0) is 9.47 Å². The minimum Gasteiger partial charge on any atom is -0.355 e. The summed E-state index contributed by atoms with van der Waals surface area (Å²) in [6, 6.07) is 0. The number of nitrogens with one attached hydrogen (secondary N) is 1. The van der Waals surface area contributed by atoms with E-state index in [1.165, 1.54) is 19.3 Å². The van der Waals surface area contributed by atoms with E-state index in [0.29, 0.717) is 0 Å². The first-order chi connectivity index (χ1) is 6.76. The average molecular weight is 201 g/mol. The van der Waals surface area contributed by atoms with Crippen LogP contribution in [0.2, 0.25) is 0 Å². The molecule has 3 nitrogen and oxygen atoms in total. The van der Waals surface area contributed by atoms with E-state index >= 15 is 0 Å². The van der Waals surface area contributed by atoms with Crippen molar-refractivity contribution in [1.29, 1.82) is 0 Å². The predicted molar refractivity (Wildman–Crippen MR) is 57.2 cm³/mol. The number of hydrogen-bond donors (Lipinski definition) is 1. The molecule has 0 aromatic carbocycles. The van der Waals surface area contributed by atoms with Gasteiger partial charge in [-0.3, -0.25) is 0 Å². The molecule has 0 saturated heterocycles. The van der Waals surface area contributed by atoms with Gasteiger partial charge in [-0.05, 0) is 31.2 Å². The quantitative estimate of drug-likeness (QED) is 0.663. The zero-order valence-corrected chi connectivity index (χ0v) is 9.58. The van der Waals surface area contributed by atoms with E-state index in [-0.39, 0.29) is 6.29 Å². The van der Waals surface area contributed by atoms with Gasteiger partial charge in [-0.25, -0.2) is 0 Å². The summed E-state index contributed by atoms with van der Waals surface area (Å²) in [7, 11) is 3.35. The molecular weight excluding hydrogens is 178 g/mol. The molecule has 0 aromatic heterocycles. The maximum Gasteiger partial charge on any atom is 0.169 e. The molecule has 0 heterocycles. The van der Waals surface area contributed by atoms with Gasteiger partial charge in [0.05, 0.1) is 0 Å². The molecule has 0 amide bonds. The van der Waals surface area contributed by atoms with Gasteiger partial charge >= 0.3 is 0 Å². The van der Waals surface area contributed by atoms with E-state index in [2.05, 4.69) is 12.2 Å². The fourth-order valence-corrected chi connectivity index (χ4v) is 2.18. The highest BCUT2D eigenvalue weighted by atomic mass is 16.7. The number of rotatable bonds is 6. The molecule has 1 rings (SSSR count). The molecule has 2 atom stereocenters. The van der Waals surface area contributed by atoms with Gasteiger partial charge in [0.1, 0.15) is 0 Å². The molecule has 1 aliphatic rings. The molecule has 1 N–H and O–H groups in total. The molecule has 0 spiro atoms. The van der Waals surface area contributed by atoms with E-state index in [1.54, 1.807) is 14.2 Å². The van der Waals surface area contributed by atoms with Crippen LogP contribution >= 0.6 is 0 Å². The zero-order valence-electron chi connectivity index (χ0n) is 9.58. The van der Waals surface area contributed by atoms with Gasteiger partial charge < -0.3 is 14.8 Å². The van der Waals surface area contributed by atoms with Crippen molar-refractivity contribution in [1.82, 2.24) is 5.32 Å². The van der Waals surface area contributed by atoms with Gasteiger partial charge in [0.15, 0.2) is 6.29 Å². The Morgan fingerprint density at radius 3 is 2.50 bits per heavy atom. The third-order valence-electron chi connectivity index (χ3n) is 3.07. The lowest BCUT2D eigenvalue weighted by molar-refractivity contribution is -0.0989. The van der Waals surface area contributed by atoms with Crippen molar-refractivity contribution in [2.75, 3.05) is 27.3 Å². The molecule has 14 heavy (non-hydrogen) atoms. The molecule has 2 unspecified atom stereocenters. The van der Waals surface area contributed by atoms with Crippen molar-refractivity contribution in [3.05, 3.63) is 0 Å². The highest BCUT2D eigenvalue weighted by Crippen LogP contribution is 2.29. The van der Waals surface area contributed by atoms with Crippen LogP contribution in [0.1, 0.15) is 26.2 Å². The van der Waals surface area contributed by atoms with E-state index < -0.39 is 0 Å². The van der Waals surface area contributed by atoms with Gasteiger partial charge in [-0.1, -0.05) is 13.3 Å². The lowest BCUT2D eigenvalue weighted by Crippen LogP contribution is -2.32. The summed E-state index contributed by atoms with van der Waals surface area (Å²) in [4.78, 5) is 0. The number of methoxy groups -OCH3 is 2. The SMILES string of the molecule is COC(CNCC1CCC(C)C1)OC. The minimum absolute atomic E-state index is 0.103. The molecular formula is C11H23NO2. The van der Waals surface area contributed by atoms with Crippen molar-refractivity contribution < 1.29 is 9.47 Å². The van der Waals surface area contributed by atoms with Crippen LogP contribution in [0.25, 0.3) is 0 Å². The Hall–Kier alpha value is -0.120. The largest absolute Gasteiger partial charge is 0.355 e. The predicted octanol–water partition coefficient (Wildman–Crippen LogP) is 1.63. The van der Waals surface area contributed by atoms with Crippen LogP contribution in [0.3, 0.4) is 0 Å². The summed E-state index contributed by atoms with van der Waals surface area (Å²) in [5, 5.41) is 3.40. The molecule has 0 aromatic rings. The van der Waals surface area contributed by atoms with Crippen LogP contribution in [0.4, 0.5) is 0 Å². The van der Waals surface area contributed by atoms with Crippen LogP contribution in [0, 0.1) is 11.8 Å². The standard InChI is InChI=1S/C11H23NO2/c1-9-4-5-10(6-9)7-12-8-11(13-2)14-3/h9-12H,4-8H2,1-3H3. The molecule has 0 bridgehead atoms. The number of ether oxygens (including phenoxy) is 2. The van der Waals surface area contributed by atoms with Crippen molar-refractivity contribution in [2.24, 2.45) is 11.8 Å². The minimum atomic E-state index is -0.103. The zero-order chi connectivity index (χ0) is 10.4. The molecule has 1 fully saturated rings. The van der Waals surface area contributed by atoms with Crippen molar-refractivity contribution in [3.8, 4) is 0 Å². The fraction of sp³-hybridized carbons (Fsp3) is 1.00.